The molecule has 2 nitrogen and oxygen atoms in total. The van der Waals surface area contributed by atoms with Gasteiger partial charge in [-0.2, -0.15) is 0 Å². The fourth-order valence-electron chi connectivity index (χ4n) is 2.10. The molecule has 96 valence electrons. The monoisotopic (exact) mass is 252 g/mol. The second-order valence-electron chi connectivity index (χ2n) is 5.34. The van der Waals surface area contributed by atoms with Gasteiger partial charge in [-0.15, -0.1) is 11.3 Å². The molecule has 1 saturated carbocycles. The van der Waals surface area contributed by atoms with Crippen LogP contribution >= 0.6 is 11.3 Å². The smallest absolute Gasteiger partial charge is 0.0962 e. The molecule has 1 fully saturated rings. The highest BCUT2D eigenvalue weighted by Gasteiger charge is 2.24. The van der Waals surface area contributed by atoms with Gasteiger partial charge in [0.15, 0.2) is 0 Å². The number of aryl methyl sites for hydroxylation is 1. The van der Waals surface area contributed by atoms with Crippen LogP contribution in [0.25, 0.3) is 0 Å². The van der Waals surface area contributed by atoms with Gasteiger partial charge in [0, 0.05) is 23.4 Å². The third-order valence-electron chi connectivity index (χ3n) is 3.41. The second kappa shape index (κ2) is 5.96. The first-order valence-electron chi connectivity index (χ1n) is 6.92. The Morgan fingerprint density at radius 3 is 2.71 bits per heavy atom. The Morgan fingerprint density at radius 1 is 1.41 bits per heavy atom. The Morgan fingerprint density at radius 2 is 2.18 bits per heavy atom. The molecule has 0 atom stereocenters. The topological polar surface area (TPSA) is 24.9 Å². The van der Waals surface area contributed by atoms with Gasteiger partial charge in [-0.3, -0.25) is 0 Å². The predicted octanol–water partition coefficient (Wildman–Crippen LogP) is 3.86. The molecular formula is C14H24N2S. The van der Waals surface area contributed by atoms with E-state index in [4.69, 9.17) is 4.98 Å². The second-order valence-corrected chi connectivity index (χ2v) is 6.45. The first-order chi connectivity index (χ1) is 8.20. The van der Waals surface area contributed by atoms with Crippen molar-refractivity contribution in [1.29, 1.82) is 0 Å². The van der Waals surface area contributed by atoms with Crippen LogP contribution < -0.4 is 5.32 Å². The molecule has 0 aliphatic heterocycles. The highest BCUT2D eigenvalue weighted by molar-refractivity contribution is 7.11. The molecule has 1 heterocycles. The van der Waals surface area contributed by atoms with Gasteiger partial charge in [-0.25, -0.2) is 4.98 Å². The maximum atomic E-state index is 4.88. The minimum atomic E-state index is 0.554. The predicted molar refractivity (Wildman–Crippen MR) is 74.7 cm³/mol. The number of nitrogens with zero attached hydrogens (tertiary/aromatic N) is 1. The zero-order valence-electron chi connectivity index (χ0n) is 11.3. The van der Waals surface area contributed by atoms with Gasteiger partial charge in [0.2, 0.25) is 0 Å². The zero-order chi connectivity index (χ0) is 12.3. The number of hydrogen-bond donors (Lipinski definition) is 1. The van der Waals surface area contributed by atoms with E-state index < -0.39 is 0 Å². The SMILES string of the molecule is CCCc1nc(C2CCC2)sc1CNC(C)C. The van der Waals surface area contributed by atoms with Crippen LogP contribution in [0.2, 0.25) is 0 Å². The largest absolute Gasteiger partial charge is 0.310 e. The third-order valence-corrected chi connectivity index (χ3v) is 4.67. The fraction of sp³-hybridized carbons (Fsp3) is 0.786. The molecule has 0 aromatic carbocycles. The summed E-state index contributed by atoms with van der Waals surface area (Å²) in [6, 6.07) is 0.554. The number of rotatable bonds is 6. The quantitative estimate of drug-likeness (QED) is 0.831. The lowest BCUT2D eigenvalue weighted by Crippen LogP contribution is -2.21. The summed E-state index contributed by atoms with van der Waals surface area (Å²) in [5.41, 5.74) is 1.35. The van der Waals surface area contributed by atoms with Crippen LogP contribution in [0.3, 0.4) is 0 Å². The standard InChI is InChI=1S/C14H24N2S/c1-4-6-12-13(9-15-10(2)3)17-14(16-12)11-7-5-8-11/h10-11,15H,4-9H2,1-3H3. The highest BCUT2D eigenvalue weighted by atomic mass is 32.1. The summed E-state index contributed by atoms with van der Waals surface area (Å²) in [4.78, 5) is 6.35. The van der Waals surface area contributed by atoms with Gasteiger partial charge >= 0.3 is 0 Å². The van der Waals surface area contributed by atoms with Crippen LogP contribution in [-0.2, 0) is 13.0 Å². The van der Waals surface area contributed by atoms with E-state index in [1.165, 1.54) is 41.3 Å². The van der Waals surface area contributed by atoms with Gasteiger partial charge in [0.05, 0.1) is 10.7 Å². The van der Waals surface area contributed by atoms with Gasteiger partial charge in [-0.1, -0.05) is 33.6 Å². The molecule has 0 radical (unpaired) electrons. The Kier molecular flexibility index (Phi) is 4.57. The lowest BCUT2D eigenvalue weighted by molar-refractivity contribution is 0.417. The molecule has 1 aromatic rings. The summed E-state index contributed by atoms with van der Waals surface area (Å²) >= 11 is 1.95. The van der Waals surface area contributed by atoms with E-state index in [9.17, 15) is 0 Å². The average Bonchev–Trinajstić information content (AvgIpc) is 2.56. The van der Waals surface area contributed by atoms with E-state index in [1.54, 1.807) is 0 Å². The molecule has 0 unspecified atom stereocenters. The van der Waals surface area contributed by atoms with Crippen LogP contribution in [0.4, 0.5) is 0 Å². The Labute approximate surface area is 109 Å². The van der Waals surface area contributed by atoms with Crippen molar-refractivity contribution in [2.45, 2.75) is 71.4 Å². The van der Waals surface area contributed by atoms with E-state index in [0.29, 0.717) is 6.04 Å². The van der Waals surface area contributed by atoms with E-state index in [2.05, 4.69) is 26.1 Å². The number of nitrogens with one attached hydrogen (secondary N) is 1. The summed E-state index contributed by atoms with van der Waals surface area (Å²) in [6.07, 6.45) is 6.44. The summed E-state index contributed by atoms with van der Waals surface area (Å²) in [5, 5.41) is 4.92. The van der Waals surface area contributed by atoms with Crippen LogP contribution in [0, 0.1) is 0 Å². The lowest BCUT2D eigenvalue weighted by atomic mass is 9.86. The molecule has 0 saturated heterocycles. The number of hydrogen-bond acceptors (Lipinski definition) is 3. The maximum Gasteiger partial charge on any atom is 0.0962 e. The van der Waals surface area contributed by atoms with Crippen LogP contribution in [-0.4, -0.2) is 11.0 Å². The summed E-state index contributed by atoms with van der Waals surface area (Å²) in [5.74, 6) is 0.781. The van der Waals surface area contributed by atoms with Crippen molar-refractivity contribution >= 4 is 11.3 Å². The minimum absolute atomic E-state index is 0.554. The maximum absolute atomic E-state index is 4.88. The van der Waals surface area contributed by atoms with E-state index in [0.717, 1.165) is 18.9 Å². The summed E-state index contributed by atoms with van der Waals surface area (Å²) < 4.78 is 0. The third kappa shape index (κ3) is 3.29. The molecular weight excluding hydrogens is 228 g/mol. The first kappa shape index (κ1) is 13.0. The number of thiazole rings is 1. The molecule has 17 heavy (non-hydrogen) atoms. The summed E-state index contributed by atoms with van der Waals surface area (Å²) in [7, 11) is 0. The van der Waals surface area contributed by atoms with E-state index in [1.807, 2.05) is 11.3 Å². The molecule has 0 amide bonds. The van der Waals surface area contributed by atoms with Crippen molar-refractivity contribution in [2.75, 3.05) is 0 Å². The van der Waals surface area contributed by atoms with Crippen molar-refractivity contribution in [1.82, 2.24) is 10.3 Å². The molecule has 1 aromatic heterocycles. The van der Waals surface area contributed by atoms with Crippen molar-refractivity contribution < 1.29 is 0 Å². The first-order valence-corrected chi connectivity index (χ1v) is 7.74. The van der Waals surface area contributed by atoms with Crippen molar-refractivity contribution in [3.63, 3.8) is 0 Å². The highest BCUT2D eigenvalue weighted by Crippen LogP contribution is 2.39. The molecule has 2 rings (SSSR count). The fourth-order valence-corrected chi connectivity index (χ4v) is 3.33. The van der Waals surface area contributed by atoms with Gasteiger partial charge in [0.1, 0.15) is 0 Å². The normalized spacial score (nSPS) is 16.5. The minimum Gasteiger partial charge on any atom is -0.310 e. The van der Waals surface area contributed by atoms with Crippen molar-refractivity contribution in [3.8, 4) is 0 Å². The van der Waals surface area contributed by atoms with Gasteiger partial charge < -0.3 is 5.32 Å². The van der Waals surface area contributed by atoms with Gasteiger partial charge in [0.25, 0.3) is 0 Å². The Bertz CT molecular complexity index is 353. The molecule has 1 aliphatic carbocycles. The zero-order valence-corrected chi connectivity index (χ0v) is 12.1. The van der Waals surface area contributed by atoms with Gasteiger partial charge in [-0.05, 0) is 19.3 Å². The molecule has 0 spiro atoms. The average molecular weight is 252 g/mol. The lowest BCUT2D eigenvalue weighted by Gasteiger charge is -2.22. The van der Waals surface area contributed by atoms with E-state index in [-0.39, 0.29) is 0 Å². The Hall–Kier alpha value is -0.410. The number of aromatic nitrogens is 1. The van der Waals surface area contributed by atoms with Crippen LogP contribution in [0.1, 0.15) is 68.0 Å². The van der Waals surface area contributed by atoms with Crippen molar-refractivity contribution in [3.05, 3.63) is 15.6 Å². The molecule has 0 bridgehead atoms. The summed E-state index contributed by atoms with van der Waals surface area (Å²) in [6.45, 7) is 7.64. The molecule has 1 N–H and O–H groups in total. The molecule has 3 heteroatoms. The van der Waals surface area contributed by atoms with Crippen molar-refractivity contribution in [2.24, 2.45) is 0 Å². The van der Waals surface area contributed by atoms with E-state index >= 15 is 0 Å². The van der Waals surface area contributed by atoms with Crippen LogP contribution in [0.5, 0.6) is 0 Å². The molecule has 1 aliphatic rings. The Balaban J connectivity index is 2.07. The van der Waals surface area contributed by atoms with Crippen LogP contribution in [0.15, 0.2) is 0 Å².